The third-order valence-electron chi connectivity index (χ3n) is 2.81. The number of rotatable bonds is 3. The van der Waals surface area contributed by atoms with Crippen molar-refractivity contribution in [2.75, 3.05) is 11.9 Å². The normalized spacial score (nSPS) is 13.8. The van der Waals surface area contributed by atoms with E-state index < -0.39 is 18.8 Å². The molecular weight excluding hydrogens is 279 g/mol. The molecule has 2 heterocycles. The average Bonchev–Trinajstić information content (AvgIpc) is 2.61. The minimum absolute atomic E-state index is 0.315. The van der Waals surface area contributed by atoms with Crippen LogP contribution in [0.2, 0.25) is 0 Å². The summed E-state index contributed by atoms with van der Waals surface area (Å²) in [5.74, 6) is 0.315. The molecule has 0 aliphatic carbocycles. The third-order valence-corrected chi connectivity index (χ3v) is 3.92. The summed E-state index contributed by atoms with van der Waals surface area (Å²) < 4.78 is 36.7. The molecule has 0 aromatic carbocycles. The van der Waals surface area contributed by atoms with Crippen LogP contribution >= 0.6 is 11.3 Å². The lowest BCUT2D eigenvalue weighted by Gasteiger charge is -2.15. The largest absolute Gasteiger partial charge is 0.416 e. The van der Waals surface area contributed by atoms with Crippen LogP contribution in [-0.2, 0) is 0 Å². The highest BCUT2D eigenvalue weighted by Gasteiger charge is 2.38. The van der Waals surface area contributed by atoms with Crippen LogP contribution in [0.1, 0.15) is 10.4 Å². The SMILES string of the molecule is Cc1sc2ncnc(NC[C@H](O)C(F)(F)F)c2c1C. The molecule has 2 aromatic rings. The number of halogens is 3. The number of hydrogen-bond acceptors (Lipinski definition) is 5. The number of aromatic nitrogens is 2. The zero-order valence-corrected chi connectivity index (χ0v) is 11.1. The Kier molecular flexibility index (Phi) is 3.64. The second-order valence-corrected chi connectivity index (χ2v) is 5.33. The first kappa shape index (κ1) is 14.0. The minimum Gasteiger partial charge on any atom is -0.382 e. The minimum atomic E-state index is -4.64. The average molecular weight is 291 g/mol. The van der Waals surface area contributed by atoms with E-state index in [9.17, 15) is 13.2 Å². The van der Waals surface area contributed by atoms with Gasteiger partial charge in [-0.05, 0) is 19.4 Å². The molecule has 0 saturated heterocycles. The van der Waals surface area contributed by atoms with Gasteiger partial charge in [-0.2, -0.15) is 13.2 Å². The Morgan fingerprint density at radius 3 is 2.68 bits per heavy atom. The van der Waals surface area contributed by atoms with E-state index in [2.05, 4.69) is 15.3 Å². The number of aliphatic hydroxyl groups excluding tert-OH is 1. The lowest BCUT2D eigenvalue weighted by atomic mass is 10.2. The van der Waals surface area contributed by atoms with Crippen LogP contribution in [0.15, 0.2) is 6.33 Å². The number of nitrogens with zero attached hydrogens (tertiary/aromatic N) is 2. The number of anilines is 1. The van der Waals surface area contributed by atoms with E-state index >= 15 is 0 Å². The van der Waals surface area contributed by atoms with Gasteiger partial charge in [0, 0.05) is 4.88 Å². The molecule has 2 N–H and O–H groups in total. The van der Waals surface area contributed by atoms with Crippen LogP contribution < -0.4 is 5.32 Å². The molecule has 2 aromatic heterocycles. The molecule has 0 aliphatic heterocycles. The number of nitrogens with one attached hydrogen (secondary N) is 1. The first-order chi connectivity index (χ1) is 8.80. The van der Waals surface area contributed by atoms with Crippen molar-refractivity contribution in [3.63, 3.8) is 0 Å². The fourth-order valence-electron chi connectivity index (χ4n) is 1.63. The molecule has 2 rings (SSSR count). The quantitative estimate of drug-likeness (QED) is 0.912. The number of fused-ring (bicyclic) bond motifs is 1. The molecule has 0 radical (unpaired) electrons. The molecule has 8 heteroatoms. The molecular formula is C11H12F3N3OS. The van der Waals surface area contributed by atoms with Crippen LogP contribution in [0.4, 0.5) is 19.0 Å². The second kappa shape index (κ2) is 4.93. The molecule has 104 valence electrons. The Morgan fingerprint density at radius 2 is 2.05 bits per heavy atom. The van der Waals surface area contributed by atoms with Gasteiger partial charge in [0.1, 0.15) is 17.0 Å². The van der Waals surface area contributed by atoms with E-state index in [-0.39, 0.29) is 0 Å². The van der Waals surface area contributed by atoms with Gasteiger partial charge in [0.2, 0.25) is 0 Å². The molecule has 0 bridgehead atoms. The molecule has 0 fully saturated rings. The Labute approximate surface area is 111 Å². The smallest absolute Gasteiger partial charge is 0.382 e. The lowest BCUT2D eigenvalue weighted by Crippen LogP contribution is -2.35. The summed E-state index contributed by atoms with van der Waals surface area (Å²) in [6.07, 6.45) is -5.77. The van der Waals surface area contributed by atoms with Crippen LogP contribution in [0, 0.1) is 13.8 Å². The number of aryl methyl sites for hydroxylation is 2. The number of thiophene rings is 1. The van der Waals surface area contributed by atoms with E-state index in [1.54, 1.807) is 0 Å². The van der Waals surface area contributed by atoms with E-state index in [4.69, 9.17) is 5.11 Å². The van der Waals surface area contributed by atoms with Crippen molar-refractivity contribution in [2.24, 2.45) is 0 Å². The van der Waals surface area contributed by atoms with Gasteiger partial charge in [-0.3, -0.25) is 0 Å². The molecule has 1 atom stereocenters. The monoisotopic (exact) mass is 291 g/mol. The highest BCUT2D eigenvalue weighted by Crippen LogP contribution is 2.32. The maximum atomic E-state index is 12.2. The van der Waals surface area contributed by atoms with Crippen molar-refractivity contribution in [1.29, 1.82) is 0 Å². The molecule has 0 amide bonds. The van der Waals surface area contributed by atoms with Gasteiger partial charge in [0.15, 0.2) is 6.10 Å². The Bertz CT molecular complexity index is 597. The van der Waals surface area contributed by atoms with Crippen molar-refractivity contribution < 1.29 is 18.3 Å². The maximum Gasteiger partial charge on any atom is 0.416 e. The second-order valence-electron chi connectivity index (χ2n) is 4.12. The van der Waals surface area contributed by atoms with Gasteiger partial charge >= 0.3 is 6.18 Å². The fraction of sp³-hybridized carbons (Fsp3) is 0.455. The van der Waals surface area contributed by atoms with E-state index in [1.165, 1.54) is 17.7 Å². The lowest BCUT2D eigenvalue weighted by molar-refractivity contribution is -0.198. The standard InChI is InChI=1S/C11H12F3N3OS/c1-5-6(2)19-10-8(5)9(16-4-17-10)15-3-7(18)11(12,13)14/h4,7,18H,3H2,1-2H3,(H,15,16,17)/t7-/m0/s1. The van der Waals surface area contributed by atoms with Crippen molar-refractivity contribution in [3.8, 4) is 0 Å². The predicted octanol–water partition coefficient (Wildman–Crippen LogP) is 2.64. The number of aliphatic hydroxyl groups is 1. The summed E-state index contributed by atoms with van der Waals surface area (Å²) >= 11 is 1.46. The predicted molar refractivity (Wildman–Crippen MR) is 67.4 cm³/mol. The number of hydrogen-bond donors (Lipinski definition) is 2. The topological polar surface area (TPSA) is 58.0 Å². The summed E-state index contributed by atoms with van der Waals surface area (Å²) in [5.41, 5.74) is 0.935. The fourth-order valence-corrected chi connectivity index (χ4v) is 2.62. The van der Waals surface area contributed by atoms with E-state index in [0.29, 0.717) is 16.0 Å². The van der Waals surface area contributed by atoms with Gasteiger partial charge in [0.05, 0.1) is 11.9 Å². The van der Waals surface area contributed by atoms with Crippen LogP contribution in [-0.4, -0.2) is 33.9 Å². The molecule has 0 spiro atoms. The summed E-state index contributed by atoms with van der Waals surface area (Å²) in [5, 5.41) is 12.2. The summed E-state index contributed by atoms with van der Waals surface area (Å²) in [6, 6.07) is 0. The van der Waals surface area contributed by atoms with Crippen LogP contribution in [0.25, 0.3) is 10.2 Å². The van der Waals surface area contributed by atoms with Gasteiger partial charge in [-0.25, -0.2) is 9.97 Å². The molecule has 0 aliphatic rings. The zero-order chi connectivity index (χ0) is 14.2. The Morgan fingerprint density at radius 1 is 1.37 bits per heavy atom. The van der Waals surface area contributed by atoms with E-state index in [0.717, 1.165) is 10.4 Å². The van der Waals surface area contributed by atoms with Gasteiger partial charge in [-0.1, -0.05) is 0 Å². The van der Waals surface area contributed by atoms with Gasteiger partial charge in [0.25, 0.3) is 0 Å². The molecule has 19 heavy (non-hydrogen) atoms. The van der Waals surface area contributed by atoms with Crippen molar-refractivity contribution in [1.82, 2.24) is 9.97 Å². The number of alkyl halides is 3. The summed E-state index contributed by atoms with van der Waals surface area (Å²) in [6.45, 7) is 3.14. The highest BCUT2D eigenvalue weighted by atomic mass is 32.1. The third kappa shape index (κ3) is 2.79. The Balaban J connectivity index is 2.26. The Hall–Kier alpha value is -1.41. The molecule has 0 unspecified atom stereocenters. The van der Waals surface area contributed by atoms with Crippen molar-refractivity contribution in [3.05, 3.63) is 16.8 Å². The van der Waals surface area contributed by atoms with Gasteiger partial charge in [-0.15, -0.1) is 11.3 Å². The first-order valence-corrected chi connectivity index (χ1v) is 6.31. The molecule has 4 nitrogen and oxygen atoms in total. The van der Waals surface area contributed by atoms with Crippen LogP contribution in [0.5, 0.6) is 0 Å². The van der Waals surface area contributed by atoms with Crippen molar-refractivity contribution >= 4 is 27.4 Å². The van der Waals surface area contributed by atoms with Gasteiger partial charge < -0.3 is 10.4 Å². The highest BCUT2D eigenvalue weighted by molar-refractivity contribution is 7.18. The summed E-state index contributed by atoms with van der Waals surface area (Å²) in [4.78, 5) is 9.78. The van der Waals surface area contributed by atoms with E-state index in [1.807, 2.05) is 13.8 Å². The first-order valence-electron chi connectivity index (χ1n) is 5.50. The summed E-state index contributed by atoms with van der Waals surface area (Å²) in [7, 11) is 0. The maximum absolute atomic E-state index is 12.2. The van der Waals surface area contributed by atoms with Crippen molar-refractivity contribution in [2.45, 2.75) is 26.1 Å². The van der Waals surface area contributed by atoms with Crippen LogP contribution in [0.3, 0.4) is 0 Å². The molecule has 0 saturated carbocycles. The zero-order valence-electron chi connectivity index (χ0n) is 10.2.